The standard InChI is InChI=1S/C5H7NO2S/c7-1-4-3-9-5(2-8)6-4/h3,7-8H,1-2H2. The second-order valence-corrected chi connectivity index (χ2v) is 2.49. The van der Waals surface area contributed by atoms with Crippen LogP contribution < -0.4 is 0 Å². The molecule has 50 valence electrons. The minimum atomic E-state index is -0.0451. The highest BCUT2D eigenvalue weighted by atomic mass is 32.1. The van der Waals surface area contributed by atoms with E-state index in [-0.39, 0.29) is 13.2 Å². The highest BCUT2D eigenvalue weighted by Crippen LogP contribution is 2.08. The Labute approximate surface area is 56.6 Å². The van der Waals surface area contributed by atoms with Gasteiger partial charge in [0.15, 0.2) is 0 Å². The molecule has 0 fully saturated rings. The first-order valence-corrected chi connectivity index (χ1v) is 3.39. The van der Waals surface area contributed by atoms with E-state index in [1.54, 1.807) is 5.38 Å². The van der Waals surface area contributed by atoms with Crippen molar-refractivity contribution < 1.29 is 10.2 Å². The van der Waals surface area contributed by atoms with Gasteiger partial charge in [0.1, 0.15) is 5.01 Å². The van der Waals surface area contributed by atoms with Crippen LogP contribution in [0, 0.1) is 0 Å². The molecule has 0 bridgehead atoms. The van der Waals surface area contributed by atoms with E-state index < -0.39 is 0 Å². The minimum absolute atomic E-state index is 0.0370. The number of thiazole rings is 1. The molecule has 0 amide bonds. The molecule has 0 aliphatic carbocycles. The summed E-state index contributed by atoms with van der Waals surface area (Å²) in [7, 11) is 0. The van der Waals surface area contributed by atoms with E-state index in [9.17, 15) is 0 Å². The van der Waals surface area contributed by atoms with Gasteiger partial charge in [-0.05, 0) is 0 Å². The first-order chi connectivity index (χ1) is 4.36. The maximum atomic E-state index is 8.51. The molecule has 1 aromatic heterocycles. The van der Waals surface area contributed by atoms with Crippen LogP contribution in [0.2, 0.25) is 0 Å². The van der Waals surface area contributed by atoms with Crippen molar-refractivity contribution in [3.05, 3.63) is 16.1 Å². The van der Waals surface area contributed by atoms with E-state index in [0.717, 1.165) is 0 Å². The van der Waals surface area contributed by atoms with Gasteiger partial charge in [0, 0.05) is 5.38 Å². The molecule has 0 unspecified atom stereocenters. The van der Waals surface area contributed by atoms with E-state index in [0.29, 0.717) is 10.7 Å². The molecule has 1 heterocycles. The van der Waals surface area contributed by atoms with Crippen LogP contribution in [-0.2, 0) is 13.2 Å². The van der Waals surface area contributed by atoms with Crippen LogP contribution in [0.15, 0.2) is 5.38 Å². The summed E-state index contributed by atoms with van der Waals surface area (Å²) in [5.41, 5.74) is 0.629. The summed E-state index contributed by atoms with van der Waals surface area (Å²) >= 11 is 1.35. The lowest BCUT2D eigenvalue weighted by atomic mass is 10.5. The Morgan fingerprint density at radius 2 is 2.22 bits per heavy atom. The minimum Gasteiger partial charge on any atom is -0.390 e. The molecule has 0 atom stereocenters. The van der Waals surface area contributed by atoms with Gasteiger partial charge in [0.05, 0.1) is 18.9 Å². The monoisotopic (exact) mass is 145 g/mol. The van der Waals surface area contributed by atoms with Crippen LogP contribution >= 0.6 is 11.3 Å². The summed E-state index contributed by atoms with van der Waals surface area (Å²) in [5, 5.41) is 19.4. The first-order valence-electron chi connectivity index (χ1n) is 2.52. The number of aliphatic hydroxyl groups excluding tert-OH is 2. The van der Waals surface area contributed by atoms with Crippen molar-refractivity contribution in [3.8, 4) is 0 Å². The molecule has 1 rings (SSSR count). The maximum absolute atomic E-state index is 8.51. The van der Waals surface area contributed by atoms with Crippen molar-refractivity contribution in [1.29, 1.82) is 0 Å². The fourth-order valence-corrected chi connectivity index (χ4v) is 1.14. The number of rotatable bonds is 2. The Morgan fingerprint density at radius 3 is 2.56 bits per heavy atom. The number of hydrogen-bond acceptors (Lipinski definition) is 4. The predicted molar refractivity (Wildman–Crippen MR) is 34.0 cm³/mol. The van der Waals surface area contributed by atoms with Gasteiger partial charge in [-0.2, -0.15) is 0 Å². The van der Waals surface area contributed by atoms with Gasteiger partial charge in [-0.3, -0.25) is 0 Å². The summed E-state index contributed by atoms with van der Waals surface area (Å²) < 4.78 is 0. The Hall–Kier alpha value is -0.450. The van der Waals surface area contributed by atoms with E-state index >= 15 is 0 Å². The molecular formula is C5H7NO2S. The highest BCUT2D eigenvalue weighted by molar-refractivity contribution is 7.09. The molecule has 0 saturated heterocycles. The van der Waals surface area contributed by atoms with E-state index in [1.165, 1.54) is 11.3 Å². The summed E-state index contributed by atoms with van der Waals surface area (Å²) in [5.74, 6) is 0. The highest BCUT2D eigenvalue weighted by Gasteiger charge is 1.96. The zero-order chi connectivity index (χ0) is 6.69. The number of aromatic nitrogens is 1. The van der Waals surface area contributed by atoms with Gasteiger partial charge in [-0.25, -0.2) is 4.98 Å². The Kier molecular flexibility index (Phi) is 2.16. The third kappa shape index (κ3) is 1.48. The van der Waals surface area contributed by atoms with Crippen LogP contribution in [0.1, 0.15) is 10.7 Å². The van der Waals surface area contributed by atoms with E-state index in [2.05, 4.69) is 4.98 Å². The van der Waals surface area contributed by atoms with Gasteiger partial charge in [0.2, 0.25) is 0 Å². The number of aliphatic hydroxyl groups is 2. The molecule has 0 aromatic carbocycles. The molecule has 0 saturated carbocycles. The lowest BCUT2D eigenvalue weighted by Crippen LogP contribution is -1.84. The first kappa shape index (κ1) is 6.67. The van der Waals surface area contributed by atoms with Gasteiger partial charge in [-0.1, -0.05) is 0 Å². The molecule has 1 aromatic rings. The van der Waals surface area contributed by atoms with Crippen LogP contribution in [0.4, 0.5) is 0 Å². The molecule has 0 spiro atoms. The predicted octanol–water partition coefficient (Wildman–Crippen LogP) is 0.128. The van der Waals surface area contributed by atoms with Crippen molar-refractivity contribution in [2.45, 2.75) is 13.2 Å². The van der Waals surface area contributed by atoms with Crippen molar-refractivity contribution >= 4 is 11.3 Å². The van der Waals surface area contributed by atoms with E-state index in [1.807, 2.05) is 0 Å². The number of nitrogens with zero attached hydrogens (tertiary/aromatic N) is 1. The molecule has 0 aliphatic heterocycles. The van der Waals surface area contributed by atoms with Crippen molar-refractivity contribution in [1.82, 2.24) is 4.98 Å². The molecule has 4 heteroatoms. The Morgan fingerprint density at radius 1 is 1.44 bits per heavy atom. The van der Waals surface area contributed by atoms with Gasteiger partial charge in [-0.15, -0.1) is 11.3 Å². The average molecular weight is 145 g/mol. The van der Waals surface area contributed by atoms with Gasteiger partial charge in [0.25, 0.3) is 0 Å². The normalized spacial score (nSPS) is 10.0. The topological polar surface area (TPSA) is 53.4 Å². The Bertz CT molecular complexity index is 168. The average Bonchev–Trinajstić information content (AvgIpc) is 2.34. The third-order valence-corrected chi connectivity index (χ3v) is 1.78. The zero-order valence-corrected chi connectivity index (χ0v) is 5.56. The Balaban J connectivity index is 2.74. The second-order valence-electron chi connectivity index (χ2n) is 1.55. The molecule has 3 nitrogen and oxygen atoms in total. The van der Waals surface area contributed by atoms with Crippen LogP contribution in [0.5, 0.6) is 0 Å². The summed E-state index contributed by atoms with van der Waals surface area (Å²) in [6.45, 7) is -0.0822. The second kappa shape index (κ2) is 2.91. The largest absolute Gasteiger partial charge is 0.390 e. The molecule has 2 N–H and O–H groups in total. The SMILES string of the molecule is OCc1csc(CO)n1. The lowest BCUT2D eigenvalue weighted by molar-refractivity contribution is 0.270. The molecule has 0 radical (unpaired) electrons. The number of hydrogen-bond donors (Lipinski definition) is 2. The lowest BCUT2D eigenvalue weighted by Gasteiger charge is -1.82. The van der Waals surface area contributed by atoms with Gasteiger partial charge >= 0.3 is 0 Å². The summed E-state index contributed by atoms with van der Waals surface area (Å²) in [6.07, 6.45) is 0. The molecule has 0 aliphatic rings. The molecular weight excluding hydrogens is 138 g/mol. The van der Waals surface area contributed by atoms with Gasteiger partial charge < -0.3 is 10.2 Å². The van der Waals surface area contributed by atoms with Crippen molar-refractivity contribution in [2.24, 2.45) is 0 Å². The smallest absolute Gasteiger partial charge is 0.118 e. The summed E-state index contributed by atoms with van der Waals surface area (Å²) in [4.78, 5) is 3.87. The van der Waals surface area contributed by atoms with E-state index in [4.69, 9.17) is 10.2 Å². The fourth-order valence-electron chi connectivity index (χ4n) is 0.494. The van der Waals surface area contributed by atoms with Crippen molar-refractivity contribution in [3.63, 3.8) is 0 Å². The summed E-state index contributed by atoms with van der Waals surface area (Å²) in [6, 6.07) is 0. The quantitative estimate of drug-likeness (QED) is 0.621. The van der Waals surface area contributed by atoms with Crippen molar-refractivity contribution in [2.75, 3.05) is 0 Å². The maximum Gasteiger partial charge on any atom is 0.118 e. The van der Waals surface area contributed by atoms with Crippen LogP contribution in [-0.4, -0.2) is 15.2 Å². The fraction of sp³-hybridized carbons (Fsp3) is 0.400. The third-order valence-electron chi connectivity index (χ3n) is 0.897. The zero-order valence-electron chi connectivity index (χ0n) is 4.74. The van der Waals surface area contributed by atoms with Crippen LogP contribution in [0.25, 0.3) is 0 Å². The molecule has 9 heavy (non-hydrogen) atoms. The van der Waals surface area contributed by atoms with Crippen LogP contribution in [0.3, 0.4) is 0 Å².